The maximum absolute atomic E-state index is 8.90. The van der Waals surface area contributed by atoms with Crippen LogP contribution in [0.2, 0.25) is 0 Å². The van der Waals surface area contributed by atoms with Crippen LogP contribution in [0.4, 0.5) is 0 Å². The van der Waals surface area contributed by atoms with Crippen LogP contribution in [-0.2, 0) is 0 Å². The van der Waals surface area contributed by atoms with Crippen LogP contribution in [0.3, 0.4) is 0 Å². The summed E-state index contributed by atoms with van der Waals surface area (Å²) in [7, 11) is 0. The van der Waals surface area contributed by atoms with Gasteiger partial charge in [-0.3, -0.25) is 0 Å². The van der Waals surface area contributed by atoms with Crippen molar-refractivity contribution in [1.82, 2.24) is 10.2 Å². The molecule has 0 bridgehead atoms. The molecular formula is C12H26N2O. The predicted octanol–water partition coefficient (Wildman–Crippen LogP) is 1.08. The van der Waals surface area contributed by atoms with Crippen LogP contribution in [-0.4, -0.2) is 49.3 Å². The standard InChI is InChI=1S/C12H26N2O/c1-12(2,5-10-15)11-13-6-9-14-7-3-4-8-14/h13,15H,3-11H2,1-2H3. The number of likely N-dealkylation sites (tertiary alicyclic amines) is 1. The molecule has 0 amide bonds. The highest BCUT2D eigenvalue weighted by Gasteiger charge is 2.16. The quantitative estimate of drug-likeness (QED) is 0.623. The average Bonchev–Trinajstić information content (AvgIpc) is 2.65. The molecule has 1 heterocycles. The Kier molecular flexibility index (Phi) is 5.58. The van der Waals surface area contributed by atoms with E-state index >= 15 is 0 Å². The van der Waals surface area contributed by atoms with Gasteiger partial charge in [-0.2, -0.15) is 0 Å². The van der Waals surface area contributed by atoms with Crippen molar-refractivity contribution in [3.05, 3.63) is 0 Å². The number of nitrogens with one attached hydrogen (secondary N) is 1. The Morgan fingerprint density at radius 2 is 1.93 bits per heavy atom. The summed E-state index contributed by atoms with van der Waals surface area (Å²) in [6.45, 7) is 10.5. The van der Waals surface area contributed by atoms with Crippen LogP contribution in [0, 0.1) is 5.41 Å². The molecule has 1 rings (SSSR count). The van der Waals surface area contributed by atoms with Gasteiger partial charge >= 0.3 is 0 Å². The Hall–Kier alpha value is -0.120. The second-order valence-corrected chi connectivity index (χ2v) is 5.36. The molecule has 90 valence electrons. The van der Waals surface area contributed by atoms with E-state index in [4.69, 9.17) is 5.11 Å². The summed E-state index contributed by atoms with van der Waals surface area (Å²) < 4.78 is 0. The fourth-order valence-corrected chi connectivity index (χ4v) is 2.06. The van der Waals surface area contributed by atoms with Crippen LogP contribution in [0.1, 0.15) is 33.1 Å². The minimum Gasteiger partial charge on any atom is -0.396 e. The SMILES string of the molecule is CC(C)(CCO)CNCCN1CCCC1. The molecule has 15 heavy (non-hydrogen) atoms. The summed E-state index contributed by atoms with van der Waals surface area (Å²) in [5.74, 6) is 0. The third-order valence-corrected chi connectivity index (χ3v) is 3.20. The van der Waals surface area contributed by atoms with E-state index in [2.05, 4.69) is 24.1 Å². The fraction of sp³-hybridized carbons (Fsp3) is 1.00. The summed E-state index contributed by atoms with van der Waals surface area (Å²) in [5.41, 5.74) is 0.222. The highest BCUT2D eigenvalue weighted by Crippen LogP contribution is 2.17. The molecule has 0 aromatic rings. The first-order chi connectivity index (χ1) is 7.14. The molecule has 0 aromatic heterocycles. The van der Waals surface area contributed by atoms with Gasteiger partial charge in [0.1, 0.15) is 0 Å². The topological polar surface area (TPSA) is 35.5 Å². The van der Waals surface area contributed by atoms with Crippen molar-refractivity contribution in [1.29, 1.82) is 0 Å². The van der Waals surface area contributed by atoms with Crippen molar-refractivity contribution in [2.45, 2.75) is 33.1 Å². The Morgan fingerprint density at radius 3 is 2.53 bits per heavy atom. The number of rotatable bonds is 7. The van der Waals surface area contributed by atoms with Gasteiger partial charge in [0.15, 0.2) is 0 Å². The van der Waals surface area contributed by atoms with Crippen molar-refractivity contribution < 1.29 is 5.11 Å². The monoisotopic (exact) mass is 214 g/mol. The van der Waals surface area contributed by atoms with Gasteiger partial charge in [-0.05, 0) is 37.8 Å². The summed E-state index contributed by atoms with van der Waals surface area (Å²) in [4.78, 5) is 2.52. The van der Waals surface area contributed by atoms with E-state index in [0.29, 0.717) is 6.61 Å². The first-order valence-corrected chi connectivity index (χ1v) is 6.18. The molecule has 0 atom stereocenters. The van der Waals surface area contributed by atoms with Gasteiger partial charge in [0, 0.05) is 26.2 Å². The Bertz CT molecular complexity index is 165. The van der Waals surface area contributed by atoms with E-state index in [0.717, 1.165) is 19.5 Å². The fourth-order valence-electron chi connectivity index (χ4n) is 2.06. The normalized spacial score (nSPS) is 18.6. The lowest BCUT2D eigenvalue weighted by Gasteiger charge is -2.24. The second kappa shape index (κ2) is 6.46. The van der Waals surface area contributed by atoms with Crippen molar-refractivity contribution >= 4 is 0 Å². The molecule has 1 fully saturated rings. The van der Waals surface area contributed by atoms with E-state index < -0.39 is 0 Å². The van der Waals surface area contributed by atoms with E-state index in [1.165, 1.54) is 32.5 Å². The summed E-state index contributed by atoms with van der Waals surface area (Å²) in [6, 6.07) is 0. The van der Waals surface area contributed by atoms with E-state index in [1.807, 2.05) is 0 Å². The molecule has 0 unspecified atom stereocenters. The van der Waals surface area contributed by atoms with Crippen molar-refractivity contribution in [2.24, 2.45) is 5.41 Å². The third kappa shape index (κ3) is 5.50. The molecule has 0 aliphatic carbocycles. The maximum atomic E-state index is 8.90. The van der Waals surface area contributed by atoms with Crippen LogP contribution in [0.25, 0.3) is 0 Å². The van der Waals surface area contributed by atoms with Gasteiger partial charge in [-0.25, -0.2) is 0 Å². The van der Waals surface area contributed by atoms with Crippen molar-refractivity contribution in [3.8, 4) is 0 Å². The van der Waals surface area contributed by atoms with Gasteiger partial charge in [-0.15, -0.1) is 0 Å². The Balaban J connectivity index is 2.00. The van der Waals surface area contributed by atoms with E-state index in [1.54, 1.807) is 0 Å². The highest BCUT2D eigenvalue weighted by atomic mass is 16.3. The lowest BCUT2D eigenvalue weighted by molar-refractivity contribution is 0.205. The second-order valence-electron chi connectivity index (χ2n) is 5.36. The molecule has 2 N–H and O–H groups in total. The Morgan fingerprint density at radius 1 is 1.27 bits per heavy atom. The number of hydrogen-bond acceptors (Lipinski definition) is 3. The number of aliphatic hydroxyl groups is 1. The van der Waals surface area contributed by atoms with Gasteiger partial charge in [0.2, 0.25) is 0 Å². The lowest BCUT2D eigenvalue weighted by atomic mass is 9.90. The highest BCUT2D eigenvalue weighted by molar-refractivity contribution is 4.72. The minimum atomic E-state index is 0.222. The number of nitrogens with zero attached hydrogens (tertiary/aromatic N) is 1. The van der Waals surface area contributed by atoms with E-state index in [9.17, 15) is 0 Å². The molecule has 0 radical (unpaired) electrons. The predicted molar refractivity (Wildman–Crippen MR) is 64.0 cm³/mol. The summed E-state index contributed by atoms with van der Waals surface area (Å²) >= 11 is 0. The van der Waals surface area contributed by atoms with Crippen molar-refractivity contribution in [3.63, 3.8) is 0 Å². The smallest absolute Gasteiger partial charge is 0.0436 e. The molecule has 1 saturated heterocycles. The minimum absolute atomic E-state index is 0.222. The summed E-state index contributed by atoms with van der Waals surface area (Å²) in [5, 5.41) is 12.4. The number of aliphatic hydroxyl groups excluding tert-OH is 1. The van der Waals surface area contributed by atoms with Gasteiger partial charge in [0.25, 0.3) is 0 Å². The van der Waals surface area contributed by atoms with Crippen LogP contribution in [0.5, 0.6) is 0 Å². The molecule has 0 aromatic carbocycles. The van der Waals surface area contributed by atoms with Gasteiger partial charge in [0.05, 0.1) is 0 Å². The molecule has 3 nitrogen and oxygen atoms in total. The molecular weight excluding hydrogens is 188 g/mol. The first-order valence-electron chi connectivity index (χ1n) is 6.18. The zero-order valence-electron chi connectivity index (χ0n) is 10.3. The molecule has 0 spiro atoms. The van der Waals surface area contributed by atoms with Crippen LogP contribution < -0.4 is 5.32 Å². The molecule has 0 saturated carbocycles. The van der Waals surface area contributed by atoms with Crippen molar-refractivity contribution in [2.75, 3.05) is 39.3 Å². The summed E-state index contributed by atoms with van der Waals surface area (Å²) in [6.07, 6.45) is 3.62. The van der Waals surface area contributed by atoms with Gasteiger partial charge < -0.3 is 15.3 Å². The molecule has 3 heteroatoms. The van der Waals surface area contributed by atoms with E-state index in [-0.39, 0.29) is 5.41 Å². The third-order valence-electron chi connectivity index (χ3n) is 3.20. The maximum Gasteiger partial charge on any atom is 0.0436 e. The van der Waals surface area contributed by atoms with Gasteiger partial charge in [-0.1, -0.05) is 13.8 Å². The zero-order chi connectivity index (χ0) is 11.1. The largest absolute Gasteiger partial charge is 0.396 e. The average molecular weight is 214 g/mol. The van der Waals surface area contributed by atoms with Crippen LogP contribution >= 0.6 is 0 Å². The first kappa shape index (κ1) is 12.9. The van der Waals surface area contributed by atoms with Crippen LogP contribution in [0.15, 0.2) is 0 Å². The lowest BCUT2D eigenvalue weighted by Crippen LogP contribution is -2.35. The molecule has 1 aliphatic heterocycles. The zero-order valence-corrected chi connectivity index (χ0v) is 10.3. The number of hydrogen-bond donors (Lipinski definition) is 2. The molecule has 1 aliphatic rings. The Labute approximate surface area is 93.9 Å².